The summed E-state index contributed by atoms with van der Waals surface area (Å²) in [6.45, 7) is 4.08. The van der Waals surface area contributed by atoms with E-state index in [-0.39, 0.29) is 6.04 Å². The predicted molar refractivity (Wildman–Crippen MR) is 67.0 cm³/mol. The number of alkyl halides is 3. The molecule has 0 aliphatic heterocycles. The molecule has 0 amide bonds. The van der Waals surface area contributed by atoms with Crippen molar-refractivity contribution in [3.05, 3.63) is 26.1 Å². The lowest BCUT2D eigenvalue weighted by Crippen LogP contribution is -2.18. The van der Waals surface area contributed by atoms with Crippen molar-refractivity contribution in [3.63, 3.8) is 0 Å². The van der Waals surface area contributed by atoms with Crippen molar-refractivity contribution in [1.29, 1.82) is 0 Å². The average Bonchev–Trinajstić information content (AvgIpc) is 2.93. The van der Waals surface area contributed by atoms with Crippen LogP contribution in [0.15, 0.2) is 5.38 Å². The summed E-state index contributed by atoms with van der Waals surface area (Å²) in [5.41, 5.74) is -0.840. The van der Waals surface area contributed by atoms with E-state index in [9.17, 15) is 13.2 Å². The summed E-state index contributed by atoms with van der Waals surface area (Å²) in [6.07, 6.45) is -4.38. The first-order chi connectivity index (χ1) is 8.86. The quantitative estimate of drug-likeness (QED) is 0.942. The van der Waals surface area contributed by atoms with Crippen LogP contribution in [0.1, 0.15) is 33.7 Å². The number of halogens is 3. The van der Waals surface area contributed by atoms with Crippen LogP contribution in [0.3, 0.4) is 0 Å². The van der Waals surface area contributed by atoms with Crippen LogP contribution in [-0.4, -0.2) is 15.2 Å². The van der Waals surface area contributed by atoms with Gasteiger partial charge in [0.05, 0.1) is 12.6 Å². The molecule has 0 saturated heterocycles. The number of rotatable bonds is 4. The van der Waals surface area contributed by atoms with Crippen LogP contribution in [0.5, 0.6) is 0 Å². The summed E-state index contributed by atoms with van der Waals surface area (Å²) >= 11 is 2.45. The fourth-order valence-electron chi connectivity index (χ4n) is 1.35. The molecule has 0 fully saturated rings. The summed E-state index contributed by atoms with van der Waals surface area (Å²) in [7, 11) is 0. The van der Waals surface area contributed by atoms with E-state index in [1.807, 2.05) is 6.92 Å². The number of hydrogen-bond donors (Lipinski definition) is 1. The van der Waals surface area contributed by atoms with Gasteiger partial charge in [0.15, 0.2) is 5.69 Å². The minimum absolute atomic E-state index is 0.259. The lowest BCUT2D eigenvalue weighted by molar-refractivity contribution is -0.140. The molecule has 1 N–H and O–H groups in total. The van der Waals surface area contributed by atoms with E-state index in [0.717, 1.165) is 26.7 Å². The Morgan fingerprint density at radius 1 is 1.37 bits per heavy atom. The Kier molecular flexibility index (Phi) is 4.16. The molecule has 104 valence electrons. The Hall–Kier alpha value is -1.06. The molecule has 2 aromatic rings. The van der Waals surface area contributed by atoms with Gasteiger partial charge < -0.3 is 5.32 Å². The van der Waals surface area contributed by atoms with Crippen LogP contribution < -0.4 is 5.32 Å². The highest BCUT2D eigenvalue weighted by atomic mass is 32.1. The van der Waals surface area contributed by atoms with Crippen LogP contribution in [0, 0.1) is 6.92 Å². The predicted octanol–water partition coefficient (Wildman–Crippen LogP) is 3.17. The normalized spacial score (nSPS) is 13.7. The van der Waals surface area contributed by atoms with Gasteiger partial charge in [-0.25, -0.2) is 4.98 Å². The number of aryl methyl sites for hydroxylation is 1. The third-order valence-corrected chi connectivity index (χ3v) is 4.18. The third kappa shape index (κ3) is 3.71. The van der Waals surface area contributed by atoms with Crippen molar-refractivity contribution in [2.45, 2.75) is 32.6 Å². The van der Waals surface area contributed by atoms with Gasteiger partial charge in [-0.15, -0.1) is 32.9 Å². The van der Waals surface area contributed by atoms with E-state index in [4.69, 9.17) is 0 Å². The second-order valence-corrected chi connectivity index (χ2v) is 6.04. The first-order valence-electron chi connectivity index (χ1n) is 5.41. The van der Waals surface area contributed by atoms with Gasteiger partial charge in [0.2, 0.25) is 0 Å². The maximum atomic E-state index is 12.4. The molecule has 19 heavy (non-hydrogen) atoms. The molecule has 1 unspecified atom stereocenters. The standard InChI is InChI=1S/C10H11F3N4S2/c1-5(14-3-8-17-16-6(2)19-8)9-15-7(4-18-9)10(11,12)13/h4-5,14H,3H2,1-2H3. The van der Waals surface area contributed by atoms with Crippen molar-refractivity contribution in [1.82, 2.24) is 20.5 Å². The largest absolute Gasteiger partial charge is 0.434 e. The topological polar surface area (TPSA) is 50.7 Å². The molecule has 0 aromatic carbocycles. The molecule has 0 radical (unpaired) electrons. The highest BCUT2D eigenvalue weighted by molar-refractivity contribution is 7.11. The number of hydrogen-bond acceptors (Lipinski definition) is 6. The van der Waals surface area contributed by atoms with Crippen molar-refractivity contribution >= 4 is 22.7 Å². The maximum Gasteiger partial charge on any atom is 0.434 e. The number of aromatic nitrogens is 3. The zero-order valence-electron chi connectivity index (χ0n) is 10.2. The fraction of sp³-hybridized carbons (Fsp3) is 0.500. The average molecular weight is 308 g/mol. The Balaban J connectivity index is 1.96. The van der Waals surface area contributed by atoms with Crippen LogP contribution in [0.2, 0.25) is 0 Å². The first kappa shape index (κ1) is 14.4. The minimum atomic E-state index is -4.38. The number of nitrogens with zero attached hydrogens (tertiary/aromatic N) is 3. The van der Waals surface area contributed by atoms with E-state index < -0.39 is 11.9 Å². The van der Waals surface area contributed by atoms with Gasteiger partial charge in [0.1, 0.15) is 15.0 Å². The molecule has 0 spiro atoms. The van der Waals surface area contributed by atoms with Crippen LogP contribution in [0.4, 0.5) is 13.2 Å². The van der Waals surface area contributed by atoms with Crippen LogP contribution >= 0.6 is 22.7 Å². The van der Waals surface area contributed by atoms with Crippen molar-refractivity contribution < 1.29 is 13.2 Å². The molecule has 9 heteroatoms. The SMILES string of the molecule is Cc1nnc(CNC(C)c2nc(C(F)(F)F)cs2)s1. The molecule has 2 heterocycles. The fourth-order valence-corrected chi connectivity index (χ4v) is 2.87. The summed E-state index contributed by atoms with van der Waals surface area (Å²) in [5.74, 6) is 0. The highest BCUT2D eigenvalue weighted by Gasteiger charge is 2.34. The molecule has 1 atom stereocenters. The van der Waals surface area contributed by atoms with Gasteiger partial charge in [-0.05, 0) is 13.8 Å². The smallest absolute Gasteiger partial charge is 0.302 e. The molecular weight excluding hydrogens is 297 g/mol. The lowest BCUT2D eigenvalue weighted by atomic mass is 10.3. The molecule has 0 bridgehead atoms. The molecule has 0 aliphatic rings. The number of thiazole rings is 1. The second kappa shape index (κ2) is 5.51. The van der Waals surface area contributed by atoms with E-state index in [0.29, 0.717) is 11.6 Å². The second-order valence-electron chi connectivity index (χ2n) is 3.89. The Bertz CT molecular complexity index is 549. The zero-order chi connectivity index (χ0) is 14.0. The summed E-state index contributed by atoms with van der Waals surface area (Å²) < 4.78 is 37.3. The van der Waals surface area contributed by atoms with Gasteiger partial charge in [-0.1, -0.05) is 0 Å². The van der Waals surface area contributed by atoms with Gasteiger partial charge in [0, 0.05) is 5.38 Å². The van der Waals surface area contributed by atoms with Gasteiger partial charge in [-0.3, -0.25) is 0 Å². The third-order valence-electron chi connectivity index (χ3n) is 2.31. The Labute approximate surface area is 115 Å². The molecule has 0 saturated carbocycles. The van der Waals surface area contributed by atoms with Crippen LogP contribution in [0.25, 0.3) is 0 Å². The molecule has 0 aliphatic carbocycles. The van der Waals surface area contributed by atoms with E-state index in [2.05, 4.69) is 20.5 Å². The monoisotopic (exact) mass is 308 g/mol. The van der Waals surface area contributed by atoms with Crippen molar-refractivity contribution in [3.8, 4) is 0 Å². The molecule has 2 rings (SSSR count). The van der Waals surface area contributed by atoms with Crippen molar-refractivity contribution in [2.24, 2.45) is 0 Å². The maximum absolute atomic E-state index is 12.4. The van der Waals surface area contributed by atoms with E-state index in [1.165, 1.54) is 11.3 Å². The lowest BCUT2D eigenvalue weighted by Gasteiger charge is -2.09. The first-order valence-corrected chi connectivity index (χ1v) is 7.11. The van der Waals surface area contributed by atoms with Gasteiger partial charge in [0.25, 0.3) is 0 Å². The van der Waals surface area contributed by atoms with Gasteiger partial charge in [-0.2, -0.15) is 13.2 Å². The minimum Gasteiger partial charge on any atom is -0.302 e. The molecule has 4 nitrogen and oxygen atoms in total. The van der Waals surface area contributed by atoms with Gasteiger partial charge >= 0.3 is 6.18 Å². The molecular formula is C10H11F3N4S2. The Morgan fingerprint density at radius 2 is 2.11 bits per heavy atom. The van der Waals surface area contributed by atoms with E-state index in [1.54, 1.807) is 6.92 Å². The summed E-state index contributed by atoms with van der Waals surface area (Å²) in [5, 5.41) is 14.0. The highest BCUT2D eigenvalue weighted by Crippen LogP contribution is 2.31. The van der Waals surface area contributed by atoms with Crippen LogP contribution in [-0.2, 0) is 12.7 Å². The molecule has 2 aromatic heterocycles. The Morgan fingerprint density at radius 3 is 2.63 bits per heavy atom. The van der Waals surface area contributed by atoms with E-state index >= 15 is 0 Å². The van der Waals surface area contributed by atoms with Crippen molar-refractivity contribution in [2.75, 3.05) is 0 Å². The summed E-state index contributed by atoms with van der Waals surface area (Å²) in [4.78, 5) is 3.60. The zero-order valence-corrected chi connectivity index (χ0v) is 11.8. The number of nitrogens with one attached hydrogen (secondary N) is 1. The summed E-state index contributed by atoms with van der Waals surface area (Å²) in [6, 6.07) is -0.259.